The van der Waals surface area contributed by atoms with Crippen LogP contribution in [0.15, 0.2) is 18.2 Å². The van der Waals surface area contributed by atoms with Crippen molar-refractivity contribution in [3.8, 4) is 0 Å². The highest BCUT2D eigenvalue weighted by molar-refractivity contribution is 5.59. The highest BCUT2D eigenvalue weighted by Gasteiger charge is 2.20. The maximum atomic E-state index is 3.81. The molecular formula is C18H28N2. The van der Waals surface area contributed by atoms with Gasteiger partial charge in [-0.2, -0.15) is 0 Å². The predicted octanol–water partition coefficient (Wildman–Crippen LogP) is 4.10. The van der Waals surface area contributed by atoms with Crippen molar-refractivity contribution in [2.45, 2.75) is 64.5 Å². The Morgan fingerprint density at radius 3 is 3.10 bits per heavy atom. The van der Waals surface area contributed by atoms with Crippen LogP contribution in [0.2, 0.25) is 0 Å². The van der Waals surface area contributed by atoms with Crippen LogP contribution in [-0.2, 0) is 13.0 Å². The molecule has 2 unspecified atom stereocenters. The lowest BCUT2D eigenvalue weighted by Gasteiger charge is -2.30. The first kappa shape index (κ1) is 13.9. The second-order valence-corrected chi connectivity index (χ2v) is 6.50. The molecule has 0 amide bonds. The van der Waals surface area contributed by atoms with Crippen molar-refractivity contribution in [2.75, 3.05) is 11.9 Å². The van der Waals surface area contributed by atoms with Crippen LogP contribution in [-0.4, -0.2) is 12.6 Å². The van der Waals surface area contributed by atoms with Gasteiger partial charge in [0.15, 0.2) is 0 Å². The molecule has 2 aliphatic rings. The van der Waals surface area contributed by atoms with Crippen molar-refractivity contribution in [2.24, 2.45) is 5.92 Å². The van der Waals surface area contributed by atoms with E-state index in [2.05, 4.69) is 35.8 Å². The molecule has 2 heteroatoms. The van der Waals surface area contributed by atoms with Crippen molar-refractivity contribution in [3.05, 3.63) is 29.3 Å². The highest BCUT2D eigenvalue weighted by atomic mass is 14.9. The summed E-state index contributed by atoms with van der Waals surface area (Å²) >= 11 is 0. The van der Waals surface area contributed by atoms with Gasteiger partial charge < -0.3 is 10.6 Å². The maximum absolute atomic E-state index is 3.81. The largest absolute Gasteiger partial charge is 0.385 e. The smallest absolute Gasteiger partial charge is 0.0418 e. The molecule has 1 heterocycles. The van der Waals surface area contributed by atoms with E-state index in [-0.39, 0.29) is 0 Å². The number of anilines is 1. The summed E-state index contributed by atoms with van der Waals surface area (Å²) in [6, 6.07) is 7.51. The SMILES string of the molecule is CCC1CCCC(NCc2cccc3c2NCCC3)C1. The van der Waals surface area contributed by atoms with Gasteiger partial charge in [-0.25, -0.2) is 0 Å². The number of aryl methyl sites for hydroxylation is 1. The van der Waals surface area contributed by atoms with E-state index >= 15 is 0 Å². The molecule has 20 heavy (non-hydrogen) atoms. The molecule has 2 atom stereocenters. The third-order valence-corrected chi connectivity index (χ3v) is 5.10. The quantitative estimate of drug-likeness (QED) is 0.862. The minimum absolute atomic E-state index is 0.730. The van der Waals surface area contributed by atoms with E-state index in [1.807, 2.05) is 0 Å². The van der Waals surface area contributed by atoms with Crippen molar-refractivity contribution in [1.82, 2.24) is 5.32 Å². The van der Waals surface area contributed by atoms with Gasteiger partial charge >= 0.3 is 0 Å². The minimum Gasteiger partial charge on any atom is -0.385 e. The molecule has 2 nitrogen and oxygen atoms in total. The molecule has 1 aromatic carbocycles. The average Bonchev–Trinajstić information content (AvgIpc) is 2.53. The van der Waals surface area contributed by atoms with E-state index in [1.165, 1.54) is 61.8 Å². The molecule has 2 N–H and O–H groups in total. The summed E-state index contributed by atoms with van der Waals surface area (Å²) in [5.74, 6) is 0.948. The van der Waals surface area contributed by atoms with Gasteiger partial charge in [-0.1, -0.05) is 44.4 Å². The van der Waals surface area contributed by atoms with Gasteiger partial charge in [-0.3, -0.25) is 0 Å². The standard InChI is InChI=1S/C18H28N2/c1-2-14-6-3-10-17(12-14)20-13-16-8-4-7-15-9-5-11-19-18(15)16/h4,7-8,14,17,19-20H,2-3,5-6,9-13H2,1H3. The maximum Gasteiger partial charge on any atom is 0.0418 e. The van der Waals surface area contributed by atoms with Crippen LogP contribution in [0.5, 0.6) is 0 Å². The highest BCUT2D eigenvalue weighted by Crippen LogP contribution is 2.28. The number of nitrogens with one attached hydrogen (secondary N) is 2. The molecule has 1 fully saturated rings. The Morgan fingerprint density at radius 1 is 1.25 bits per heavy atom. The van der Waals surface area contributed by atoms with E-state index < -0.39 is 0 Å². The van der Waals surface area contributed by atoms with Gasteiger partial charge in [0, 0.05) is 24.8 Å². The van der Waals surface area contributed by atoms with Gasteiger partial charge in [0.25, 0.3) is 0 Å². The number of benzene rings is 1. The van der Waals surface area contributed by atoms with Crippen molar-refractivity contribution < 1.29 is 0 Å². The number of hydrogen-bond donors (Lipinski definition) is 2. The molecule has 1 aromatic rings. The summed E-state index contributed by atoms with van der Waals surface area (Å²) in [5.41, 5.74) is 4.38. The third-order valence-electron chi connectivity index (χ3n) is 5.10. The molecule has 0 saturated heterocycles. The summed E-state index contributed by atoms with van der Waals surface area (Å²) in [4.78, 5) is 0. The zero-order valence-corrected chi connectivity index (χ0v) is 12.8. The molecule has 0 aromatic heterocycles. The molecule has 3 rings (SSSR count). The monoisotopic (exact) mass is 272 g/mol. The Balaban J connectivity index is 1.61. The summed E-state index contributed by atoms with van der Waals surface area (Å²) < 4.78 is 0. The van der Waals surface area contributed by atoms with Crippen LogP contribution >= 0.6 is 0 Å². The van der Waals surface area contributed by atoms with Gasteiger partial charge in [0.05, 0.1) is 0 Å². The second-order valence-electron chi connectivity index (χ2n) is 6.50. The molecule has 0 spiro atoms. The predicted molar refractivity (Wildman–Crippen MR) is 86.1 cm³/mol. The number of hydrogen-bond acceptors (Lipinski definition) is 2. The van der Waals surface area contributed by atoms with Crippen LogP contribution in [0.4, 0.5) is 5.69 Å². The van der Waals surface area contributed by atoms with E-state index in [9.17, 15) is 0 Å². The van der Waals surface area contributed by atoms with Crippen LogP contribution in [0.3, 0.4) is 0 Å². The van der Waals surface area contributed by atoms with Crippen molar-refractivity contribution in [3.63, 3.8) is 0 Å². The molecule has 1 aliphatic carbocycles. The molecule has 110 valence electrons. The Morgan fingerprint density at radius 2 is 2.20 bits per heavy atom. The Kier molecular flexibility index (Phi) is 4.62. The van der Waals surface area contributed by atoms with Crippen molar-refractivity contribution in [1.29, 1.82) is 0 Å². The van der Waals surface area contributed by atoms with E-state index in [1.54, 1.807) is 0 Å². The van der Waals surface area contributed by atoms with E-state index in [4.69, 9.17) is 0 Å². The van der Waals surface area contributed by atoms with Crippen LogP contribution < -0.4 is 10.6 Å². The van der Waals surface area contributed by atoms with Gasteiger partial charge in [0.2, 0.25) is 0 Å². The molecular weight excluding hydrogens is 244 g/mol. The van der Waals surface area contributed by atoms with Crippen LogP contribution in [0, 0.1) is 5.92 Å². The van der Waals surface area contributed by atoms with Gasteiger partial charge in [0.1, 0.15) is 0 Å². The average molecular weight is 272 g/mol. The Hall–Kier alpha value is -1.02. The summed E-state index contributed by atoms with van der Waals surface area (Å²) in [6.45, 7) is 4.49. The van der Waals surface area contributed by atoms with Gasteiger partial charge in [-0.15, -0.1) is 0 Å². The normalized spacial score (nSPS) is 25.9. The molecule has 1 saturated carbocycles. The number of para-hydroxylation sites is 1. The molecule has 0 bridgehead atoms. The van der Waals surface area contributed by atoms with E-state index in [0.29, 0.717) is 0 Å². The summed E-state index contributed by atoms with van der Waals surface area (Å²) in [6.07, 6.45) is 9.43. The van der Waals surface area contributed by atoms with Crippen LogP contribution in [0.1, 0.15) is 56.6 Å². The number of rotatable bonds is 4. The Labute approximate surface area is 123 Å². The van der Waals surface area contributed by atoms with Crippen LogP contribution in [0.25, 0.3) is 0 Å². The lowest BCUT2D eigenvalue weighted by Crippen LogP contribution is -2.34. The fourth-order valence-electron chi connectivity index (χ4n) is 3.83. The van der Waals surface area contributed by atoms with Crippen molar-refractivity contribution >= 4 is 5.69 Å². The Bertz CT molecular complexity index is 441. The molecule has 1 aliphatic heterocycles. The second kappa shape index (κ2) is 6.62. The third kappa shape index (κ3) is 3.17. The first-order valence-corrected chi connectivity index (χ1v) is 8.45. The number of fused-ring (bicyclic) bond motifs is 1. The van der Waals surface area contributed by atoms with E-state index in [0.717, 1.165) is 25.0 Å². The molecule has 0 radical (unpaired) electrons. The topological polar surface area (TPSA) is 24.1 Å². The fourth-order valence-corrected chi connectivity index (χ4v) is 3.83. The lowest BCUT2D eigenvalue weighted by atomic mass is 9.84. The van der Waals surface area contributed by atoms with Gasteiger partial charge in [-0.05, 0) is 42.7 Å². The fraction of sp³-hybridized carbons (Fsp3) is 0.667. The summed E-state index contributed by atoms with van der Waals surface area (Å²) in [5, 5.41) is 7.41. The zero-order valence-electron chi connectivity index (χ0n) is 12.8. The zero-order chi connectivity index (χ0) is 13.8. The minimum atomic E-state index is 0.730. The first-order chi connectivity index (χ1) is 9.86. The first-order valence-electron chi connectivity index (χ1n) is 8.45. The lowest BCUT2D eigenvalue weighted by molar-refractivity contribution is 0.278. The summed E-state index contributed by atoms with van der Waals surface area (Å²) in [7, 11) is 0.